The van der Waals surface area contributed by atoms with Crippen LogP contribution < -0.4 is 10.2 Å². The van der Waals surface area contributed by atoms with Crippen molar-refractivity contribution in [2.45, 2.75) is 25.9 Å². The number of nitriles is 1. The van der Waals surface area contributed by atoms with Crippen molar-refractivity contribution in [2.24, 2.45) is 17.8 Å². The number of hydrogen-bond donors (Lipinski definition) is 1. The van der Waals surface area contributed by atoms with Gasteiger partial charge in [0.05, 0.1) is 28.7 Å². The lowest BCUT2D eigenvalue weighted by atomic mass is 9.78. The highest BCUT2D eigenvalue weighted by molar-refractivity contribution is 5.95. The number of aryl methyl sites for hydroxylation is 1. The molecule has 2 aliphatic heterocycles. The van der Waals surface area contributed by atoms with Gasteiger partial charge in [-0.1, -0.05) is 0 Å². The number of alkyl halides is 3. The van der Waals surface area contributed by atoms with Crippen LogP contribution in [0.1, 0.15) is 39.9 Å². The summed E-state index contributed by atoms with van der Waals surface area (Å²) in [5.74, 6) is -0.499. The highest BCUT2D eigenvalue weighted by Gasteiger charge is 2.43. The van der Waals surface area contributed by atoms with E-state index in [1.165, 1.54) is 12.1 Å². The van der Waals surface area contributed by atoms with Crippen LogP contribution in [0.4, 0.5) is 18.9 Å². The summed E-state index contributed by atoms with van der Waals surface area (Å²) in [5.41, 5.74) is 0.388. The van der Waals surface area contributed by atoms with E-state index < -0.39 is 17.3 Å². The van der Waals surface area contributed by atoms with E-state index in [9.17, 15) is 22.8 Å². The minimum atomic E-state index is -4.65. The number of hydrogen-bond acceptors (Lipinski definition) is 5. The molecular formula is C26H28F3N5O2. The van der Waals surface area contributed by atoms with Crippen LogP contribution in [0.5, 0.6) is 0 Å². The number of pyridine rings is 1. The summed E-state index contributed by atoms with van der Waals surface area (Å²) in [6, 6.07) is 7.10. The molecule has 10 heteroatoms. The molecule has 2 atom stereocenters. The zero-order valence-corrected chi connectivity index (χ0v) is 20.2. The van der Waals surface area contributed by atoms with Gasteiger partial charge >= 0.3 is 6.18 Å². The van der Waals surface area contributed by atoms with Crippen molar-refractivity contribution in [3.05, 3.63) is 58.9 Å². The molecule has 0 unspecified atom stereocenters. The molecule has 1 aromatic heterocycles. The van der Waals surface area contributed by atoms with Crippen LogP contribution in [0, 0.1) is 36.0 Å². The van der Waals surface area contributed by atoms with Crippen molar-refractivity contribution >= 4 is 17.5 Å². The zero-order chi connectivity index (χ0) is 26.0. The lowest BCUT2D eigenvalue weighted by Gasteiger charge is -2.36. The molecule has 0 radical (unpaired) electrons. The molecular weight excluding hydrogens is 471 g/mol. The average molecular weight is 500 g/mol. The Morgan fingerprint density at radius 1 is 1.17 bits per heavy atom. The maximum atomic E-state index is 13.5. The number of benzene rings is 1. The fraction of sp³-hybridized carbons (Fsp3) is 0.462. The number of amides is 2. The van der Waals surface area contributed by atoms with E-state index in [0.29, 0.717) is 50.3 Å². The second kappa shape index (κ2) is 10.2. The Morgan fingerprint density at radius 3 is 2.50 bits per heavy atom. The predicted molar refractivity (Wildman–Crippen MR) is 127 cm³/mol. The summed E-state index contributed by atoms with van der Waals surface area (Å²) in [7, 11) is 1.56. The smallest absolute Gasteiger partial charge is 0.370 e. The number of halogens is 3. The van der Waals surface area contributed by atoms with E-state index in [-0.39, 0.29) is 29.6 Å². The van der Waals surface area contributed by atoms with Gasteiger partial charge in [-0.15, -0.1) is 0 Å². The first-order valence-electron chi connectivity index (χ1n) is 11.9. The average Bonchev–Trinajstić information content (AvgIpc) is 3.33. The molecule has 2 aromatic rings. The molecule has 0 aliphatic carbocycles. The van der Waals surface area contributed by atoms with Gasteiger partial charge in [-0.2, -0.15) is 18.4 Å². The van der Waals surface area contributed by atoms with Crippen molar-refractivity contribution in [1.82, 2.24) is 15.2 Å². The Labute approximate surface area is 207 Å². The molecule has 0 saturated carbocycles. The Balaban J connectivity index is 1.51. The summed E-state index contributed by atoms with van der Waals surface area (Å²) in [6.07, 6.45) is -0.00945. The Hall–Kier alpha value is -3.61. The minimum Gasteiger partial charge on any atom is -0.370 e. The van der Waals surface area contributed by atoms with Crippen molar-refractivity contribution < 1.29 is 22.8 Å². The van der Waals surface area contributed by atoms with Gasteiger partial charge in [-0.05, 0) is 61.4 Å². The van der Waals surface area contributed by atoms with E-state index in [4.69, 9.17) is 5.26 Å². The molecule has 2 aliphatic rings. The van der Waals surface area contributed by atoms with Crippen LogP contribution in [-0.2, 0) is 11.0 Å². The highest BCUT2D eigenvalue weighted by Crippen LogP contribution is 2.40. The van der Waals surface area contributed by atoms with Gasteiger partial charge in [0.15, 0.2) is 0 Å². The van der Waals surface area contributed by atoms with Crippen molar-refractivity contribution in [1.29, 1.82) is 5.26 Å². The summed E-state index contributed by atoms with van der Waals surface area (Å²) >= 11 is 0. The fourth-order valence-corrected chi connectivity index (χ4v) is 5.43. The summed E-state index contributed by atoms with van der Waals surface area (Å²) in [5, 5.41) is 11.8. The van der Waals surface area contributed by atoms with Crippen molar-refractivity contribution in [3.63, 3.8) is 0 Å². The second-order valence-electron chi connectivity index (χ2n) is 9.45. The highest BCUT2D eigenvalue weighted by atomic mass is 19.4. The number of aromatic nitrogens is 1. The Bertz CT molecular complexity index is 1180. The monoisotopic (exact) mass is 499 g/mol. The Kier molecular flexibility index (Phi) is 7.20. The van der Waals surface area contributed by atoms with E-state index in [1.54, 1.807) is 41.4 Å². The standard InChI is InChI=1S/C26H28F3N5O2/c1-16-5-8-32-13-20(16)25(36)33-9-6-17(7-10-33)21-14-34(15-22(21)24(35)31-2)19-4-3-18(12-30)23(11-19)26(27,28)29/h3-5,8,11,13,17,21-22H,6-7,9-10,14-15H2,1-2H3,(H,31,35)/t21-,22+/m0/s1. The normalized spacial score (nSPS) is 20.8. The molecule has 1 aromatic carbocycles. The third kappa shape index (κ3) is 5.01. The molecule has 36 heavy (non-hydrogen) atoms. The van der Waals surface area contributed by atoms with E-state index in [1.807, 2.05) is 6.92 Å². The first-order chi connectivity index (χ1) is 17.1. The van der Waals surface area contributed by atoms with Crippen molar-refractivity contribution in [3.8, 4) is 6.07 Å². The number of nitrogens with zero attached hydrogens (tertiary/aromatic N) is 4. The lowest BCUT2D eigenvalue weighted by Crippen LogP contribution is -2.43. The van der Waals surface area contributed by atoms with E-state index in [0.717, 1.165) is 11.6 Å². The number of anilines is 1. The summed E-state index contributed by atoms with van der Waals surface area (Å²) in [6.45, 7) is 3.69. The van der Waals surface area contributed by atoms with Crippen LogP contribution in [0.25, 0.3) is 0 Å². The predicted octanol–water partition coefficient (Wildman–Crippen LogP) is 3.63. The zero-order valence-electron chi connectivity index (χ0n) is 20.2. The molecule has 190 valence electrons. The number of carbonyl (C=O) groups excluding carboxylic acids is 2. The quantitative estimate of drug-likeness (QED) is 0.694. The molecule has 2 amide bonds. The van der Waals surface area contributed by atoms with E-state index >= 15 is 0 Å². The van der Waals surface area contributed by atoms with Crippen molar-refractivity contribution in [2.75, 3.05) is 38.1 Å². The van der Waals surface area contributed by atoms with Gasteiger partial charge < -0.3 is 15.1 Å². The lowest BCUT2D eigenvalue weighted by molar-refractivity contribution is -0.137. The van der Waals surface area contributed by atoms with Gasteiger partial charge in [-0.25, -0.2) is 0 Å². The van der Waals surface area contributed by atoms with Gasteiger partial charge in [0.2, 0.25) is 5.91 Å². The van der Waals surface area contributed by atoms with Gasteiger partial charge in [0, 0.05) is 51.3 Å². The summed E-state index contributed by atoms with van der Waals surface area (Å²) < 4.78 is 40.5. The second-order valence-corrected chi connectivity index (χ2v) is 9.45. The van der Waals surface area contributed by atoms with Crippen LogP contribution in [-0.4, -0.2) is 54.9 Å². The Morgan fingerprint density at radius 2 is 1.89 bits per heavy atom. The summed E-state index contributed by atoms with van der Waals surface area (Å²) in [4.78, 5) is 33.4. The third-order valence-electron chi connectivity index (χ3n) is 7.44. The molecule has 2 fully saturated rings. The van der Waals surface area contributed by atoms with Crippen LogP contribution >= 0.6 is 0 Å². The van der Waals surface area contributed by atoms with Crippen LogP contribution in [0.2, 0.25) is 0 Å². The molecule has 3 heterocycles. The first kappa shape index (κ1) is 25.5. The molecule has 4 rings (SSSR count). The number of likely N-dealkylation sites (tertiary alicyclic amines) is 1. The number of piperidine rings is 1. The van der Waals surface area contributed by atoms with E-state index in [2.05, 4.69) is 10.3 Å². The number of carbonyl (C=O) groups is 2. The molecule has 0 spiro atoms. The third-order valence-corrected chi connectivity index (χ3v) is 7.44. The van der Waals surface area contributed by atoms with Crippen LogP contribution in [0.3, 0.4) is 0 Å². The molecule has 0 bridgehead atoms. The number of nitrogens with one attached hydrogen (secondary N) is 1. The maximum Gasteiger partial charge on any atom is 0.417 e. The number of rotatable bonds is 4. The minimum absolute atomic E-state index is 0.0627. The van der Waals surface area contributed by atoms with Gasteiger partial charge in [-0.3, -0.25) is 14.6 Å². The molecule has 2 saturated heterocycles. The fourth-order valence-electron chi connectivity index (χ4n) is 5.43. The topological polar surface area (TPSA) is 89.3 Å². The molecule has 1 N–H and O–H groups in total. The maximum absolute atomic E-state index is 13.5. The van der Waals surface area contributed by atoms with Gasteiger partial charge in [0.25, 0.3) is 5.91 Å². The van der Waals surface area contributed by atoms with Gasteiger partial charge in [0.1, 0.15) is 0 Å². The largest absolute Gasteiger partial charge is 0.417 e. The SMILES string of the molecule is CNC(=O)[C@@H]1CN(c2ccc(C#N)c(C(F)(F)F)c2)C[C@H]1C1CCN(C(=O)c2cnccc2C)CC1. The van der Waals surface area contributed by atoms with Crippen LogP contribution in [0.15, 0.2) is 36.7 Å². The molecule has 7 nitrogen and oxygen atoms in total. The first-order valence-corrected chi connectivity index (χ1v) is 11.9.